The summed E-state index contributed by atoms with van der Waals surface area (Å²) in [5.41, 5.74) is 0. The Morgan fingerprint density at radius 1 is 1.53 bits per heavy atom. The quantitative estimate of drug-likeness (QED) is 0.292. The maximum atomic E-state index is 12.5. The van der Waals surface area contributed by atoms with Gasteiger partial charge in [0.1, 0.15) is 19.6 Å². The molecule has 4 nitrogen and oxygen atoms in total. The number of carbonyl (C=O) groups is 1. The maximum absolute atomic E-state index is 12.5. The molecule has 15 heavy (non-hydrogen) atoms. The number of alkyl halides is 3. The van der Waals surface area contributed by atoms with Crippen LogP contribution in [0.3, 0.4) is 0 Å². The first-order valence-electron chi connectivity index (χ1n) is 4.00. The molecule has 0 aliphatic carbocycles. The average molecular weight is 231 g/mol. The summed E-state index contributed by atoms with van der Waals surface area (Å²) < 4.78 is 45.7. The van der Waals surface area contributed by atoms with Gasteiger partial charge in [-0.3, -0.25) is 0 Å². The van der Waals surface area contributed by atoms with Crippen LogP contribution in [0.1, 0.15) is 0 Å². The molecule has 1 aliphatic rings. The molecule has 1 N–H and O–H groups in total. The van der Waals surface area contributed by atoms with Crippen molar-refractivity contribution in [1.29, 1.82) is 0 Å². The molecule has 0 aromatic rings. The van der Waals surface area contributed by atoms with Crippen molar-refractivity contribution < 1.29 is 36.9 Å². The molecule has 0 aromatic heterocycles. The molecule has 1 rings (SSSR count). The Bertz CT molecular complexity index is 275. The van der Waals surface area contributed by atoms with Crippen LogP contribution in [0.4, 0.5) is 17.6 Å². The molecule has 0 radical (unpaired) electrons. The van der Waals surface area contributed by atoms with Crippen molar-refractivity contribution in [2.24, 2.45) is 0 Å². The number of carbonyl (C=O) groups excluding carboxylic acids is 1. The minimum absolute atomic E-state index is 0.0370. The summed E-state index contributed by atoms with van der Waals surface area (Å²) in [6, 6.07) is 0. The van der Waals surface area contributed by atoms with E-state index in [-0.39, 0.29) is 6.09 Å². The highest BCUT2D eigenvalue weighted by molar-refractivity contribution is 5.70. The van der Waals surface area contributed by atoms with Gasteiger partial charge >= 0.3 is 12.3 Å². The fourth-order valence-corrected chi connectivity index (χ4v) is 0.863. The summed E-state index contributed by atoms with van der Waals surface area (Å²) in [5, 5.41) is 8.78. The number of nitrogens with zero attached hydrogens (tertiary/aromatic N) is 1. The second-order valence-corrected chi connectivity index (χ2v) is 3.03. The molecule has 0 amide bonds. The first kappa shape index (κ1) is 13.8. The van der Waals surface area contributed by atoms with E-state index in [4.69, 9.17) is 9.90 Å². The zero-order valence-corrected chi connectivity index (χ0v) is 8.19. The molecule has 1 unspecified atom stereocenters. The molecular weight excluding hydrogens is 220 g/mol. The number of carboxylic acid groups (broad SMARTS) is 1. The Morgan fingerprint density at radius 3 is 2.00 bits per heavy atom. The average Bonchev–Trinajstić information content (AvgIpc) is 2.36. The summed E-state index contributed by atoms with van der Waals surface area (Å²) >= 11 is 0. The molecule has 1 aliphatic heterocycles. The predicted molar refractivity (Wildman–Crippen MR) is 40.0 cm³/mol. The monoisotopic (exact) mass is 231 g/mol. The SMILES string of the molecule is C[N+]1=C(F)[NH+](C)CC1.O=C([O-])C(F)(F)F. The zero-order valence-electron chi connectivity index (χ0n) is 8.19. The largest absolute Gasteiger partial charge is 0.542 e. The van der Waals surface area contributed by atoms with E-state index < -0.39 is 12.1 Å². The third kappa shape index (κ3) is 4.73. The fourth-order valence-electron chi connectivity index (χ4n) is 0.863. The second-order valence-electron chi connectivity index (χ2n) is 3.03. The number of likely N-dealkylation sites (N-methyl/N-ethyl adjacent to an activating group) is 2. The normalized spacial score (nSPS) is 21.1. The molecule has 0 spiro atoms. The molecule has 0 saturated heterocycles. The van der Waals surface area contributed by atoms with E-state index in [2.05, 4.69) is 0 Å². The summed E-state index contributed by atoms with van der Waals surface area (Å²) in [5.74, 6) is -3.01. The Labute approximate surface area is 83.4 Å². The number of halogens is 4. The van der Waals surface area contributed by atoms with Crippen molar-refractivity contribution in [2.75, 3.05) is 27.2 Å². The Morgan fingerprint density at radius 2 is 1.93 bits per heavy atom. The minimum atomic E-state index is -5.19. The van der Waals surface area contributed by atoms with Crippen LogP contribution in [0.5, 0.6) is 0 Å². The summed E-state index contributed by atoms with van der Waals surface area (Å²) in [7, 11) is 3.60. The molecular formula is C7H11F4N2O2+. The highest BCUT2D eigenvalue weighted by Gasteiger charge is 2.29. The van der Waals surface area contributed by atoms with Gasteiger partial charge in [-0.15, -0.1) is 0 Å². The highest BCUT2D eigenvalue weighted by atomic mass is 19.4. The van der Waals surface area contributed by atoms with E-state index in [0.717, 1.165) is 18.0 Å². The Balaban J connectivity index is 0.000000265. The van der Waals surface area contributed by atoms with Crippen molar-refractivity contribution >= 4 is 12.1 Å². The van der Waals surface area contributed by atoms with Crippen LogP contribution in [0.25, 0.3) is 0 Å². The lowest BCUT2D eigenvalue weighted by molar-refractivity contribution is -0.785. The van der Waals surface area contributed by atoms with Gasteiger partial charge < -0.3 is 9.90 Å². The van der Waals surface area contributed by atoms with Crippen LogP contribution >= 0.6 is 0 Å². The van der Waals surface area contributed by atoms with Gasteiger partial charge in [0.15, 0.2) is 6.54 Å². The Hall–Kier alpha value is -1.18. The van der Waals surface area contributed by atoms with Crippen LogP contribution in [0.15, 0.2) is 0 Å². The smallest absolute Gasteiger partial charge is 0.535 e. The van der Waals surface area contributed by atoms with Crippen LogP contribution in [-0.4, -0.2) is 50.0 Å². The van der Waals surface area contributed by atoms with Crippen molar-refractivity contribution in [3.63, 3.8) is 0 Å². The van der Waals surface area contributed by atoms with Gasteiger partial charge in [-0.1, -0.05) is 4.39 Å². The van der Waals surface area contributed by atoms with Crippen molar-refractivity contribution in [3.05, 3.63) is 0 Å². The lowest BCUT2D eigenvalue weighted by atomic mass is 10.6. The van der Waals surface area contributed by atoms with Crippen molar-refractivity contribution in [2.45, 2.75) is 6.18 Å². The van der Waals surface area contributed by atoms with Gasteiger partial charge in [0.05, 0.1) is 7.05 Å². The number of amidine groups is 1. The van der Waals surface area contributed by atoms with Gasteiger partial charge in [-0.05, 0) is 0 Å². The van der Waals surface area contributed by atoms with Crippen LogP contribution in [0, 0.1) is 0 Å². The van der Waals surface area contributed by atoms with Gasteiger partial charge in [-0.25, -0.2) is 4.90 Å². The lowest BCUT2D eigenvalue weighted by Crippen LogP contribution is -3.09. The fraction of sp³-hybridized carbons (Fsp3) is 0.714. The number of carboxylic acids is 1. The van der Waals surface area contributed by atoms with Crippen LogP contribution in [0.2, 0.25) is 0 Å². The number of quaternary nitrogens is 1. The third-order valence-electron chi connectivity index (χ3n) is 1.74. The van der Waals surface area contributed by atoms with Crippen LogP contribution in [-0.2, 0) is 4.79 Å². The molecule has 0 fully saturated rings. The molecule has 1 heterocycles. The number of nitrogens with one attached hydrogen (secondary N) is 1. The molecule has 0 aromatic carbocycles. The van der Waals surface area contributed by atoms with Gasteiger partial charge in [-0.2, -0.15) is 17.7 Å². The topological polar surface area (TPSA) is 47.6 Å². The molecule has 0 saturated carbocycles. The van der Waals surface area contributed by atoms with Gasteiger partial charge in [0.25, 0.3) is 0 Å². The number of hydrogen-bond donors (Lipinski definition) is 1. The van der Waals surface area contributed by atoms with E-state index in [9.17, 15) is 17.6 Å². The molecule has 8 heteroatoms. The molecule has 1 atom stereocenters. The maximum Gasteiger partial charge on any atom is 0.535 e. The molecule has 88 valence electrons. The summed E-state index contributed by atoms with van der Waals surface area (Å²) in [4.78, 5) is 9.67. The highest BCUT2D eigenvalue weighted by Crippen LogP contribution is 2.11. The first-order valence-corrected chi connectivity index (χ1v) is 4.00. The van der Waals surface area contributed by atoms with Gasteiger partial charge in [0.2, 0.25) is 0 Å². The van der Waals surface area contributed by atoms with E-state index in [0.29, 0.717) is 0 Å². The van der Waals surface area contributed by atoms with Gasteiger partial charge in [0, 0.05) is 0 Å². The first-order chi connectivity index (χ1) is 6.66. The van der Waals surface area contributed by atoms with E-state index in [1.165, 1.54) is 0 Å². The molecule has 0 bridgehead atoms. The van der Waals surface area contributed by atoms with E-state index in [1.807, 2.05) is 7.05 Å². The number of rotatable bonds is 0. The standard InChI is InChI=1S/C5H10FN2.C2HF3O2/c1-7-3-4-8(2)5(7)6;3-2(4,5)1(6)7/h3-4H2,1-2H3;(H,6,7)/q+1;. The summed E-state index contributed by atoms with van der Waals surface area (Å²) in [6.07, 6.45) is -5.23. The Kier molecular flexibility index (Phi) is 4.66. The summed E-state index contributed by atoms with van der Waals surface area (Å²) in [6.45, 7) is 1.74. The van der Waals surface area contributed by atoms with E-state index in [1.54, 1.807) is 11.6 Å². The predicted octanol–water partition coefficient (Wildman–Crippen LogP) is -2.22. The lowest BCUT2D eigenvalue weighted by Gasteiger charge is -2.03. The zero-order chi connectivity index (χ0) is 12.2. The van der Waals surface area contributed by atoms with E-state index >= 15 is 0 Å². The van der Waals surface area contributed by atoms with Crippen LogP contribution < -0.4 is 10.0 Å². The van der Waals surface area contributed by atoms with Crippen molar-refractivity contribution in [1.82, 2.24) is 0 Å². The second kappa shape index (κ2) is 5.06. The third-order valence-corrected chi connectivity index (χ3v) is 1.74. The van der Waals surface area contributed by atoms with Crippen molar-refractivity contribution in [3.8, 4) is 0 Å². The number of hydrogen-bond acceptors (Lipinski definition) is 2. The minimum Gasteiger partial charge on any atom is -0.542 e. The number of aliphatic carboxylic acids is 1.